The standard InChI is InChI=1S/C16H15F3N6/c1-10-8-13(25-15(21-10)22-14(23-25)16(17,18)19)24-7-3-5-12(24)11-4-2-6-20-9-11/h2,4,6,8-9,12H,3,5,7H2,1H3/t12-/m1/s1. The average Bonchev–Trinajstić information content (AvgIpc) is 3.21. The van der Waals surface area contributed by atoms with Crippen LogP contribution in [-0.4, -0.2) is 31.1 Å². The Labute approximate surface area is 141 Å². The molecule has 0 spiro atoms. The molecule has 0 aliphatic carbocycles. The van der Waals surface area contributed by atoms with Crippen LogP contribution in [0.15, 0.2) is 30.6 Å². The van der Waals surface area contributed by atoms with Crippen LogP contribution in [0.5, 0.6) is 0 Å². The quantitative estimate of drug-likeness (QED) is 0.712. The number of rotatable bonds is 2. The van der Waals surface area contributed by atoms with E-state index in [4.69, 9.17) is 0 Å². The first kappa shape index (κ1) is 15.8. The van der Waals surface area contributed by atoms with Crippen LogP contribution in [0.3, 0.4) is 0 Å². The molecule has 25 heavy (non-hydrogen) atoms. The maximum Gasteiger partial charge on any atom is 0.453 e. The molecule has 4 rings (SSSR count). The number of alkyl halides is 3. The maximum absolute atomic E-state index is 13.0. The van der Waals surface area contributed by atoms with Gasteiger partial charge in [0.05, 0.1) is 6.04 Å². The van der Waals surface area contributed by atoms with Crippen molar-refractivity contribution in [3.8, 4) is 0 Å². The lowest BCUT2D eigenvalue weighted by molar-refractivity contribution is -0.144. The zero-order valence-corrected chi connectivity index (χ0v) is 13.4. The highest BCUT2D eigenvalue weighted by Gasteiger charge is 2.37. The Kier molecular flexibility index (Phi) is 3.59. The summed E-state index contributed by atoms with van der Waals surface area (Å²) < 4.78 is 40.2. The third kappa shape index (κ3) is 2.79. The van der Waals surface area contributed by atoms with E-state index in [2.05, 4.69) is 20.1 Å². The Morgan fingerprint density at radius 3 is 2.80 bits per heavy atom. The fourth-order valence-corrected chi connectivity index (χ4v) is 3.25. The average molecular weight is 348 g/mol. The Balaban J connectivity index is 1.84. The zero-order chi connectivity index (χ0) is 17.6. The molecule has 0 radical (unpaired) electrons. The number of anilines is 1. The highest BCUT2D eigenvalue weighted by atomic mass is 19.4. The first-order valence-corrected chi connectivity index (χ1v) is 7.91. The molecule has 3 aromatic rings. The summed E-state index contributed by atoms with van der Waals surface area (Å²) in [5, 5.41) is 3.66. The molecule has 0 amide bonds. The number of fused-ring (bicyclic) bond motifs is 1. The largest absolute Gasteiger partial charge is 0.453 e. The molecule has 1 aliphatic heterocycles. The van der Waals surface area contributed by atoms with Gasteiger partial charge in [-0.05, 0) is 31.4 Å². The summed E-state index contributed by atoms with van der Waals surface area (Å²) in [6, 6.07) is 5.62. The van der Waals surface area contributed by atoms with Gasteiger partial charge in [-0.1, -0.05) is 6.07 Å². The van der Waals surface area contributed by atoms with Crippen molar-refractivity contribution in [2.75, 3.05) is 11.4 Å². The van der Waals surface area contributed by atoms with Crippen LogP contribution in [0.2, 0.25) is 0 Å². The lowest BCUT2D eigenvalue weighted by atomic mass is 10.1. The minimum absolute atomic E-state index is 0.0391. The summed E-state index contributed by atoms with van der Waals surface area (Å²) >= 11 is 0. The predicted octanol–water partition coefficient (Wildman–Crippen LogP) is 3.19. The summed E-state index contributed by atoms with van der Waals surface area (Å²) in [5.41, 5.74) is 1.62. The van der Waals surface area contributed by atoms with E-state index in [0.29, 0.717) is 11.5 Å². The SMILES string of the molecule is Cc1cc(N2CCC[C@@H]2c2cccnc2)n2nc(C(F)(F)F)nc2n1. The van der Waals surface area contributed by atoms with E-state index in [1.54, 1.807) is 25.4 Å². The lowest BCUT2D eigenvalue weighted by Crippen LogP contribution is -2.25. The van der Waals surface area contributed by atoms with E-state index in [0.717, 1.165) is 24.9 Å². The second-order valence-electron chi connectivity index (χ2n) is 6.04. The third-order valence-corrected chi connectivity index (χ3v) is 4.29. The minimum Gasteiger partial charge on any atom is -0.349 e. The number of hydrogen-bond donors (Lipinski definition) is 0. The Hall–Kier alpha value is -2.71. The van der Waals surface area contributed by atoms with Gasteiger partial charge in [0.1, 0.15) is 5.82 Å². The predicted molar refractivity (Wildman–Crippen MR) is 84.1 cm³/mol. The van der Waals surface area contributed by atoms with Crippen LogP contribution in [0.25, 0.3) is 5.78 Å². The van der Waals surface area contributed by atoms with Crippen LogP contribution in [-0.2, 0) is 6.18 Å². The fourth-order valence-electron chi connectivity index (χ4n) is 3.25. The lowest BCUT2D eigenvalue weighted by Gasteiger charge is -2.27. The molecule has 6 nitrogen and oxygen atoms in total. The molecule has 1 atom stereocenters. The smallest absolute Gasteiger partial charge is 0.349 e. The summed E-state index contributed by atoms with van der Waals surface area (Å²) in [5.74, 6) is -0.653. The molecule has 4 heterocycles. The van der Waals surface area contributed by atoms with Gasteiger partial charge in [-0.3, -0.25) is 4.98 Å². The van der Waals surface area contributed by atoms with Crippen molar-refractivity contribution in [1.82, 2.24) is 24.6 Å². The molecule has 1 saturated heterocycles. The zero-order valence-electron chi connectivity index (χ0n) is 13.4. The van der Waals surface area contributed by atoms with Crippen LogP contribution >= 0.6 is 0 Å². The molecule has 0 bridgehead atoms. The third-order valence-electron chi connectivity index (χ3n) is 4.29. The molecule has 0 N–H and O–H groups in total. The first-order chi connectivity index (χ1) is 11.9. The Morgan fingerprint density at radius 2 is 2.08 bits per heavy atom. The molecule has 130 valence electrons. The van der Waals surface area contributed by atoms with Gasteiger partial charge in [0.25, 0.3) is 11.6 Å². The minimum atomic E-state index is -4.60. The number of nitrogens with zero attached hydrogens (tertiary/aromatic N) is 6. The monoisotopic (exact) mass is 348 g/mol. The van der Waals surface area contributed by atoms with E-state index in [-0.39, 0.29) is 11.8 Å². The van der Waals surface area contributed by atoms with E-state index in [9.17, 15) is 13.2 Å². The molecule has 1 fully saturated rings. The Morgan fingerprint density at radius 1 is 1.24 bits per heavy atom. The van der Waals surface area contributed by atoms with Gasteiger partial charge >= 0.3 is 6.18 Å². The van der Waals surface area contributed by atoms with Crippen molar-refractivity contribution in [2.24, 2.45) is 0 Å². The highest BCUT2D eigenvalue weighted by molar-refractivity contribution is 5.50. The summed E-state index contributed by atoms with van der Waals surface area (Å²) in [6.07, 6.45) is 0.715. The van der Waals surface area contributed by atoms with Gasteiger partial charge in [-0.25, -0.2) is 4.98 Å². The van der Waals surface area contributed by atoms with E-state index in [1.165, 1.54) is 4.52 Å². The number of aromatic nitrogens is 5. The molecule has 1 aliphatic rings. The van der Waals surface area contributed by atoms with Crippen molar-refractivity contribution >= 4 is 11.6 Å². The van der Waals surface area contributed by atoms with Crippen molar-refractivity contribution in [3.63, 3.8) is 0 Å². The van der Waals surface area contributed by atoms with Crippen LogP contribution in [0.4, 0.5) is 19.0 Å². The maximum atomic E-state index is 13.0. The van der Waals surface area contributed by atoms with Crippen LogP contribution < -0.4 is 4.90 Å². The van der Waals surface area contributed by atoms with Gasteiger partial charge < -0.3 is 4.90 Å². The second-order valence-corrected chi connectivity index (χ2v) is 6.04. The number of halogens is 3. The molecular formula is C16H15F3N6. The van der Waals surface area contributed by atoms with E-state index < -0.39 is 12.0 Å². The topological polar surface area (TPSA) is 59.2 Å². The van der Waals surface area contributed by atoms with Gasteiger partial charge in [0.15, 0.2) is 0 Å². The van der Waals surface area contributed by atoms with Crippen molar-refractivity contribution in [2.45, 2.75) is 32.0 Å². The van der Waals surface area contributed by atoms with E-state index >= 15 is 0 Å². The molecule has 9 heteroatoms. The van der Waals surface area contributed by atoms with Gasteiger partial charge in [-0.2, -0.15) is 22.7 Å². The summed E-state index contributed by atoms with van der Waals surface area (Å²) in [4.78, 5) is 13.8. The summed E-state index contributed by atoms with van der Waals surface area (Å²) in [6.45, 7) is 2.46. The molecule has 0 unspecified atom stereocenters. The van der Waals surface area contributed by atoms with Gasteiger partial charge in [0.2, 0.25) is 0 Å². The molecule has 0 saturated carbocycles. The second kappa shape index (κ2) is 5.68. The van der Waals surface area contributed by atoms with Crippen molar-refractivity contribution in [3.05, 3.63) is 47.7 Å². The number of aryl methyl sites for hydroxylation is 1. The van der Waals surface area contributed by atoms with E-state index in [1.807, 2.05) is 17.0 Å². The molecule has 3 aromatic heterocycles. The summed E-state index contributed by atoms with van der Waals surface area (Å²) in [7, 11) is 0. The normalized spacial score (nSPS) is 18.2. The number of pyridine rings is 1. The molecule has 0 aromatic carbocycles. The number of hydrogen-bond acceptors (Lipinski definition) is 5. The van der Waals surface area contributed by atoms with Crippen LogP contribution in [0, 0.1) is 6.92 Å². The molecular weight excluding hydrogens is 333 g/mol. The highest BCUT2D eigenvalue weighted by Crippen LogP contribution is 2.36. The fraction of sp³-hybridized carbons (Fsp3) is 0.375. The van der Waals surface area contributed by atoms with Crippen LogP contribution in [0.1, 0.15) is 36.0 Å². The van der Waals surface area contributed by atoms with Gasteiger partial charge in [0, 0.05) is 30.7 Å². The van der Waals surface area contributed by atoms with Crippen molar-refractivity contribution < 1.29 is 13.2 Å². The van der Waals surface area contributed by atoms with Gasteiger partial charge in [-0.15, -0.1) is 5.10 Å². The Bertz CT molecular complexity index is 905. The van der Waals surface area contributed by atoms with Crippen molar-refractivity contribution in [1.29, 1.82) is 0 Å². The first-order valence-electron chi connectivity index (χ1n) is 7.91.